The third-order valence-corrected chi connectivity index (χ3v) is 2.27. The van der Waals surface area contributed by atoms with Crippen molar-refractivity contribution in [2.24, 2.45) is 11.8 Å². The molecule has 3 heteroatoms. The molecule has 0 aromatic heterocycles. The summed E-state index contributed by atoms with van der Waals surface area (Å²) in [6, 6.07) is 9.55. The maximum Gasteiger partial charge on any atom is 1.00 e. The molecule has 0 bridgehead atoms. The number of rotatable bonds is 1. The molecular weight excluding hydrogens is 199 g/mol. The molecule has 0 heterocycles. The van der Waals surface area contributed by atoms with Crippen LogP contribution in [0.25, 0.3) is 0 Å². The average molecular weight is 208 g/mol. The first kappa shape index (κ1) is 12.3. The number of hydrogen-bond donors (Lipinski definition) is 0. The topological polar surface area (TPSA) is 40.1 Å². The van der Waals surface area contributed by atoms with Gasteiger partial charge in [0.25, 0.3) is 0 Å². The van der Waals surface area contributed by atoms with Gasteiger partial charge in [0, 0.05) is 23.4 Å². The number of benzene rings is 1. The van der Waals surface area contributed by atoms with E-state index in [-0.39, 0.29) is 41.4 Å². The summed E-state index contributed by atoms with van der Waals surface area (Å²) in [5.74, 6) is 4.57. The predicted molar refractivity (Wildman–Crippen MR) is 49.9 cm³/mol. The van der Waals surface area contributed by atoms with E-state index in [0.717, 1.165) is 5.56 Å². The van der Waals surface area contributed by atoms with Crippen LogP contribution >= 0.6 is 0 Å². The second kappa shape index (κ2) is 5.37. The number of carboxylic acids is 1. The second-order valence-corrected chi connectivity index (χ2v) is 3.40. The molecule has 0 unspecified atom stereocenters. The SMILES string of the molecule is O=C([O-])[C@@H]1C[C@H]1C#Cc1ccccc1.[Na+]. The van der Waals surface area contributed by atoms with Gasteiger partial charge in [-0.25, -0.2) is 0 Å². The number of carbonyl (C=O) groups excluding carboxylic acids is 1. The molecule has 1 aromatic carbocycles. The molecule has 1 aliphatic rings. The molecule has 2 atom stereocenters. The molecule has 2 rings (SSSR count). The number of carboxylic acid groups (broad SMARTS) is 1. The molecule has 1 saturated carbocycles. The van der Waals surface area contributed by atoms with Crippen LogP contribution in [0.1, 0.15) is 12.0 Å². The summed E-state index contributed by atoms with van der Waals surface area (Å²) in [7, 11) is 0. The van der Waals surface area contributed by atoms with Crippen LogP contribution in [0, 0.1) is 23.7 Å². The summed E-state index contributed by atoms with van der Waals surface area (Å²) < 4.78 is 0. The predicted octanol–water partition coefficient (Wildman–Crippen LogP) is -2.57. The van der Waals surface area contributed by atoms with Crippen LogP contribution in [-0.2, 0) is 4.79 Å². The van der Waals surface area contributed by atoms with Gasteiger partial charge in [0.05, 0.1) is 0 Å². The average Bonchev–Trinajstić information content (AvgIpc) is 2.96. The zero-order valence-electron chi connectivity index (χ0n) is 8.57. The summed E-state index contributed by atoms with van der Waals surface area (Å²) in [6.07, 6.45) is 0.641. The van der Waals surface area contributed by atoms with E-state index in [0.29, 0.717) is 6.42 Å². The fourth-order valence-electron chi connectivity index (χ4n) is 1.31. The molecule has 15 heavy (non-hydrogen) atoms. The first-order valence-corrected chi connectivity index (χ1v) is 4.55. The van der Waals surface area contributed by atoms with Crippen molar-refractivity contribution in [2.75, 3.05) is 0 Å². The largest absolute Gasteiger partial charge is 1.00 e. The van der Waals surface area contributed by atoms with Gasteiger partial charge in [-0.3, -0.25) is 0 Å². The van der Waals surface area contributed by atoms with Gasteiger partial charge >= 0.3 is 29.6 Å². The molecule has 0 saturated heterocycles. The zero-order valence-corrected chi connectivity index (χ0v) is 10.6. The van der Waals surface area contributed by atoms with Crippen LogP contribution in [-0.4, -0.2) is 5.97 Å². The number of carbonyl (C=O) groups is 1. The molecule has 2 nitrogen and oxygen atoms in total. The van der Waals surface area contributed by atoms with Gasteiger partial charge in [0.1, 0.15) is 0 Å². The summed E-state index contributed by atoms with van der Waals surface area (Å²) in [6.45, 7) is 0. The van der Waals surface area contributed by atoms with E-state index < -0.39 is 5.97 Å². The minimum absolute atomic E-state index is 0. The van der Waals surface area contributed by atoms with Crippen molar-refractivity contribution >= 4 is 5.97 Å². The Kier molecular flexibility index (Phi) is 4.41. The Bertz CT molecular complexity index is 403. The molecule has 0 N–H and O–H groups in total. The number of hydrogen-bond acceptors (Lipinski definition) is 2. The Hall–Kier alpha value is -0.750. The van der Waals surface area contributed by atoms with Gasteiger partial charge in [-0.05, 0) is 18.6 Å². The van der Waals surface area contributed by atoms with E-state index in [4.69, 9.17) is 0 Å². The molecule has 0 spiro atoms. The fraction of sp³-hybridized carbons (Fsp3) is 0.250. The van der Waals surface area contributed by atoms with Crippen LogP contribution in [0.5, 0.6) is 0 Å². The van der Waals surface area contributed by atoms with Crippen molar-refractivity contribution < 1.29 is 39.5 Å². The molecule has 70 valence electrons. The molecule has 1 aromatic rings. The molecule has 1 fully saturated rings. The Morgan fingerprint density at radius 3 is 2.53 bits per heavy atom. The molecular formula is C12H9NaO2. The van der Waals surface area contributed by atoms with E-state index in [2.05, 4.69) is 11.8 Å². The Balaban J connectivity index is 0.00000112. The maximum atomic E-state index is 10.4. The third kappa shape index (κ3) is 3.39. The van der Waals surface area contributed by atoms with Crippen LogP contribution in [0.15, 0.2) is 30.3 Å². The van der Waals surface area contributed by atoms with Gasteiger partial charge in [-0.1, -0.05) is 30.0 Å². The van der Waals surface area contributed by atoms with E-state index >= 15 is 0 Å². The van der Waals surface area contributed by atoms with Crippen molar-refractivity contribution in [3.8, 4) is 11.8 Å². The van der Waals surface area contributed by atoms with Gasteiger partial charge in [-0.15, -0.1) is 0 Å². The summed E-state index contributed by atoms with van der Waals surface area (Å²) in [4.78, 5) is 10.4. The van der Waals surface area contributed by atoms with Crippen molar-refractivity contribution in [3.63, 3.8) is 0 Å². The van der Waals surface area contributed by atoms with Gasteiger partial charge in [0.15, 0.2) is 0 Å². The summed E-state index contributed by atoms with van der Waals surface area (Å²) >= 11 is 0. The molecule has 0 aliphatic heterocycles. The van der Waals surface area contributed by atoms with Gasteiger partial charge in [0.2, 0.25) is 0 Å². The van der Waals surface area contributed by atoms with Crippen molar-refractivity contribution in [2.45, 2.75) is 6.42 Å². The van der Waals surface area contributed by atoms with Crippen LogP contribution in [0.2, 0.25) is 0 Å². The van der Waals surface area contributed by atoms with Crippen molar-refractivity contribution in [1.82, 2.24) is 0 Å². The van der Waals surface area contributed by atoms with Gasteiger partial charge in [-0.2, -0.15) is 0 Å². The normalized spacial score (nSPS) is 21.9. The third-order valence-electron chi connectivity index (χ3n) is 2.27. The maximum absolute atomic E-state index is 10.4. The Morgan fingerprint density at radius 2 is 2.00 bits per heavy atom. The standard InChI is InChI=1S/C12H10O2.Na/c13-12(14)11-8-10(11)7-6-9-4-2-1-3-5-9;/h1-5,10-11H,8H2,(H,13,14);/q;+1/p-1/t10-,11-;/m1./s1. The van der Waals surface area contributed by atoms with Crippen LogP contribution < -0.4 is 34.7 Å². The van der Waals surface area contributed by atoms with E-state index in [1.807, 2.05) is 30.3 Å². The monoisotopic (exact) mass is 208 g/mol. The summed E-state index contributed by atoms with van der Waals surface area (Å²) in [5.41, 5.74) is 0.927. The Labute approximate surface area is 111 Å². The van der Waals surface area contributed by atoms with E-state index in [1.165, 1.54) is 0 Å². The minimum Gasteiger partial charge on any atom is -0.550 e. The smallest absolute Gasteiger partial charge is 0.550 e. The van der Waals surface area contributed by atoms with E-state index in [1.54, 1.807) is 0 Å². The Morgan fingerprint density at radius 1 is 1.33 bits per heavy atom. The van der Waals surface area contributed by atoms with Gasteiger partial charge < -0.3 is 9.90 Å². The number of aliphatic carboxylic acids is 1. The first-order valence-electron chi connectivity index (χ1n) is 4.55. The molecule has 0 radical (unpaired) electrons. The minimum atomic E-state index is -0.975. The van der Waals surface area contributed by atoms with Crippen molar-refractivity contribution in [1.29, 1.82) is 0 Å². The van der Waals surface area contributed by atoms with Crippen LogP contribution in [0.4, 0.5) is 0 Å². The quantitative estimate of drug-likeness (QED) is 0.376. The van der Waals surface area contributed by atoms with Crippen molar-refractivity contribution in [3.05, 3.63) is 35.9 Å². The van der Waals surface area contributed by atoms with E-state index in [9.17, 15) is 9.90 Å². The first-order chi connectivity index (χ1) is 6.77. The van der Waals surface area contributed by atoms with Crippen LogP contribution in [0.3, 0.4) is 0 Å². The molecule has 0 amide bonds. The summed E-state index contributed by atoms with van der Waals surface area (Å²) in [5, 5.41) is 10.4. The fourth-order valence-corrected chi connectivity index (χ4v) is 1.31. The zero-order chi connectivity index (χ0) is 9.97. The molecule has 1 aliphatic carbocycles. The second-order valence-electron chi connectivity index (χ2n) is 3.40.